The molecule has 0 aliphatic rings. The van der Waals surface area contributed by atoms with E-state index in [0.29, 0.717) is 4.83 Å². The van der Waals surface area contributed by atoms with E-state index in [9.17, 15) is 0 Å². The monoisotopic (exact) mass is 217 g/mol. The van der Waals surface area contributed by atoms with Gasteiger partial charge in [-0.05, 0) is 16.8 Å². The van der Waals surface area contributed by atoms with Crippen molar-refractivity contribution in [3.63, 3.8) is 0 Å². The highest BCUT2D eigenvalue weighted by molar-refractivity contribution is 9.09. The highest BCUT2D eigenvalue weighted by Crippen LogP contribution is 2.13. The van der Waals surface area contributed by atoms with Crippen molar-refractivity contribution in [1.29, 1.82) is 0 Å². The average Bonchev–Trinajstić information content (AvgIpc) is 2.40. The standard InChI is InChI=1S/C6H10BrN4/c1-2-3-5(7)4-6-8-10-11-9-6/h4-5H,2-3H2,1H3,(H,8,9,10,11). The Morgan fingerprint density at radius 1 is 1.73 bits per heavy atom. The number of tetrazole rings is 1. The van der Waals surface area contributed by atoms with E-state index < -0.39 is 0 Å². The zero-order chi connectivity index (χ0) is 8.10. The molecule has 0 aliphatic heterocycles. The minimum Gasteiger partial charge on any atom is -0.243 e. The van der Waals surface area contributed by atoms with E-state index in [1.807, 2.05) is 6.42 Å². The van der Waals surface area contributed by atoms with Gasteiger partial charge >= 0.3 is 0 Å². The number of aromatic nitrogens is 4. The molecule has 0 fully saturated rings. The molecule has 1 aromatic rings. The fraction of sp³-hybridized carbons (Fsp3) is 0.667. The van der Waals surface area contributed by atoms with Gasteiger partial charge in [-0.2, -0.15) is 0 Å². The Morgan fingerprint density at radius 2 is 2.55 bits per heavy atom. The van der Waals surface area contributed by atoms with Gasteiger partial charge in [-0.1, -0.05) is 29.3 Å². The van der Waals surface area contributed by atoms with Crippen LogP contribution in [0.4, 0.5) is 0 Å². The number of alkyl halides is 1. The summed E-state index contributed by atoms with van der Waals surface area (Å²) < 4.78 is 0. The summed E-state index contributed by atoms with van der Waals surface area (Å²) in [5.41, 5.74) is 0. The summed E-state index contributed by atoms with van der Waals surface area (Å²) in [6, 6.07) is 0. The van der Waals surface area contributed by atoms with Crippen LogP contribution in [0.5, 0.6) is 0 Å². The summed E-state index contributed by atoms with van der Waals surface area (Å²) in [6.07, 6.45) is 4.21. The second-order valence-electron chi connectivity index (χ2n) is 2.26. The van der Waals surface area contributed by atoms with Gasteiger partial charge in [0, 0.05) is 11.2 Å². The lowest BCUT2D eigenvalue weighted by Gasteiger charge is -2.02. The Morgan fingerprint density at radius 3 is 3.09 bits per heavy atom. The molecule has 0 spiro atoms. The van der Waals surface area contributed by atoms with Gasteiger partial charge in [0.05, 0.1) is 0 Å². The second kappa shape index (κ2) is 4.43. The maximum absolute atomic E-state index is 3.74. The molecule has 0 bridgehead atoms. The van der Waals surface area contributed by atoms with Crippen molar-refractivity contribution in [2.75, 3.05) is 0 Å². The van der Waals surface area contributed by atoms with Crippen LogP contribution in [-0.4, -0.2) is 25.5 Å². The van der Waals surface area contributed by atoms with Crippen LogP contribution >= 0.6 is 15.9 Å². The molecule has 0 aliphatic carbocycles. The third-order valence-corrected chi connectivity index (χ3v) is 1.99. The summed E-state index contributed by atoms with van der Waals surface area (Å²) in [4.78, 5) is 0.363. The zero-order valence-corrected chi connectivity index (χ0v) is 7.87. The van der Waals surface area contributed by atoms with Crippen molar-refractivity contribution in [3.05, 3.63) is 12.2 Å². The molecule has 4 nitrogen and oxygen atoms in total. The van der Waals surface area contributed by atoms with E-state index >= 15 is 0 Å². The van der Waals surface area contributed by atoms with Crippen LogP contribution in [-0.2, 0) is 0 Å². The molecule has 0 saturated carbocycles. The Balaban J connectivity index is 2.31. The number of halogens is 1. The van der Waals surface area contributed by atoms with Crippen molar-refractivity contribution >= 4 is 15.9 Å². The topological polar surface area (TPSA) is 54.5 Å². The first-order chi connectivity index (χ1) is 5.33. The van der Waals surface area contributed by atoms with E-state index in [4.69, 9.17) is 0 Å². The Hall–Kier alpha value is -0.450. The van der Waals surface area contributed by atoms with Gasteiger partial charge in [0.25, 0.3) is 0 Å². The predicted molar refractivity (Wildman–Crippen MR) is 45.2 cm³/mol. The molecule has 1 radical (unpaired) electrons. The van der Waals surface area contributed by atoms with E-state index in [0.717, 1.165) is 18.7 Å². The first kappa shape index (κ1) is 8.64. The number of hydrogen-bond acceptors (Lipinski definition) is 3. The van der Waals surface area contributed by atoms with Gasteiger partial charge in [-0.15, -0.1) is 5.10 Å². The van der Waals surface area contributed by atoms with Gasteiger partial charge in [0.2, 0.25) is 0 Å². The highest BCUT2D eigenvalue weighted by atomic mass is 79.9. The van der Waals surface area contributed by atoms with E-state index in [1.165, 1.54) is 0 Å². The van der Waals surface area contributed by atoms with Gasteiger partial charge in [-0.25, -0.2) is 5.10 Å². The molecule has 0 amide bonds. The lowest BCUT2D eigenvalue weighted by Crippen LogP contribution is -2.00. The van der Waals surface area contributed by atoms with Crippen LogP contribution in [0.2, 0.25) is 0 Å². The van der Waals surface area contributed by atoms with E-state index in [1.54, 1.807) is 0 Å². The van der Waals surface area contributed by atoms with Crippen LogP contribution in [0, 0.1) is 6.42 Å². The van der Waals surface area contributed by atoms with Crippen LogP contribution < -0.4 is 0 Å². The van der Waals surface area contributed by atoms with Crippen molar-refractivity contribution in [2.24, 2.45) is 0 Å². The maximum Gasteiger partial charge on any atom is 0.153 e. The maximum atomic E-state index is 3.74. The van der Waals surface area contributed by atoms with Crippen molar-refractivity contribution in [1.82, 2.24) is 20.6 Å². The first-order valence-corrected chi connectivity index (χ1v) is 4.47. The number of aromatic amines is 1. The van der Waals surface area contributed by atoms with Crippen molar-refractivity contribution < 1.29 is 0 Å². The first-order valence-electron chi connectivity index (χ1n) is 3.55. The Labute approximate surface area is 73.9 Å². The molecule has 1 aromatic heterocycles. The lowest BCUT2D eigenvalue weighted by atomic mass is 10.2. The molecule has 11 heavy (non-hydrogen) atoms. The van der Waals surface area contributed by atoms with Crippen LogP contribution in [0.15, 0.2) is 0 Å². The molecule has 1 unspecified atom stereocenters. The van der Waals surface area contributed by atoms with Gasteiger partial charge in [0.15, 0.2) is 5.82 Å². The second-order valence-corrected chi connectivity index (χ2v) is 3.43. The third kappa shape index (κ3) is 2.96. The number of rotatable bonds is 4. The summed E-state index contributed by atoms with van der Waals surface area (Å²) >= 11 is 3.49. The van der Waals surface area contributed by atoms with Gasteiger partial charge in [0.1, 0.15) is 0 Å². The SMILES string of the molecule is CCCC(Br)[CH]c1nnn[nH]1. The molecule has 0 aromatic carbocycles. The van der Waals surface area contributed by atoms with Crippen molar-refractivity contribution in [2.45, 2.75) is 24.6 Å². The van der Waals surface area contributed by atoms with Crippen LogP contribution in [0.1, 0.15) is 25.6 Å². The highest BCUT2D eigenvalue weighted by Gasteiger charge is 2.06. The summed E-state index contributed by atoms with van der Waals surface area (Å²) in [5, 5.41) is 13.3. The molecular formula is C6H10BrN4. The number of nitrogens with zero attached hydrogens (tertiary/aromatic N) is 3. The minimum atomic E-state index is 0.363. The molecule has 1 heterocycles. The van der Waals surface area contributed by atoms with Crippen molar-refractivity contribution in [3.8, 4) is 0 Å². The van der Waals surface area contributed by atoms with Crippen LogP contribution in [0.3, 0.4) is 0 Å². The normalized spacial score (nSPS) is 13.3. The predicted octanol–water partition coefficient (Wildman–Crippen LogP) is 1.32. The molecule has 1 rings (SSSR count). The summed E-state index contributed by atoms with van der Waals surface area (Å²) in [5.74, 6) is 0.723. The molecule has 0 saturated heterocycles. The molecule has 1 atom stereocenters. The molecular weight excluding hydrogens is 208 g/mol. The fourth-order valence-electron chi connectivity index (χ4n) is 0.767. The number of hydrogen-bond donors (Lipinski definition) is 1. The molecule has 61 valence electrons. The number of H-pyrrole nitrogens is 1. The molecule has 5 heteroatoms. The van der Waals surface area contributed by atoms with E-state index in [-0.39, 0.29) is 0 Å². The van der Waals surface area contributed by atoms with Gasteiger partial charge in [-0.3, -0.25) is 0 Å². The Kier molecular flexibility index (Phi) is 3.48. The molecule has 1 N–H and O–H groups in total. The largest absolute Gasteiger partial charge is 0.243 e. The van der Waals surface area contributed by atoms with Crippen LogP contribution in [0.25, 0.3) is 0 Å². The van der Waals surface area contributed by atoms with E-state index in [2.05, 4.69) is 43.5 Å². The lowest BCUT2D eigenvalue weighted by molar-refractivity contribution is 0.802. The summed E-state index contributed by atoms with van der Waals surface area (Å²) in [7, 11) is 0. The summed E-state index contributed by atoms with van der Waals surface area (Å²) in [6.45, 7) is 2.14. The Bertz CT molecular complexity index is 186. The quantitative estimate of drug-likeness (QED) is 0.775. The zero-order valence-electron chi connectivity index (χ0n) is 6.29. The number of nitrogens with one attached hydrogen (secondary N) is 1. The average molecular weight is 218 g/mol. The fourth-order valence-corrected chi connectivity index (χ4v) is 1.48. The van der Waals surface area contributed by atoms with Gasteiger partial charge < -0.3 is 0 Å². The minimum absolute atomic E-state index is 0.363. The smallest absolute Gasteiger partial charge is 0.153 e. The third-order valence-electron chi connectivity index (χ3n) is 1.26.